The van der Waals surface area contributed by atoms with Crippen LogP contribution < -0.4 is 10.1 Å². The lowest BCUT2D eigenvalue weighted by molar-refractivity contribution is -0.115. The van der Waals surface area contributed by atoms with Gasteiger partial charge in [-0.15, -0.1) is 0 Å². The fourth-order valence-corrected chi connectivity index (χ4v) is 1.54. The monoisotopic (exact) mass is 274 g/mol. The molecule has 1 heterocycles. The van der Waals surface area contributed by atoms with E-state index in [0.29, 0.717) is 11.5 Å². The van der Waals surface area contributed by atoms with Crippen LogP contribution in [0.25, 0.3) is 0 Å². The Balaban J connectivity index is 2.11. The molecule has 5 nitrogen and oxygen atoms in total. The fraction of sp³-hybridized carbons (Fsp3) is 0.143. The first-order valence-corrected chi connectivity index (χ1v) is 5.80. The van der Waals surface area contributed by atoms with E-state index >= 15 is 0 Å². The molecule has 0 aliphatic rings. The zero-order valence-electron chi connectivity index (χ0n) is 10.4. The van der Waals surface area contributed by atoms with E-state index in [2.05, 4.69) is 5.32 Å². The molecule has 0 atom stereocenters. The van der Waals surface area contributed by atoms with Crippen LogP contribution in [0.5, 0.6) is 5.75 Å². The van der Waals surface area contributed by atoms with Crippen LogP contribution in [0, 0.1) is 17.1 Å². The van der Waals surface area contributed by atoms with Crippen molar-refractivity contribution in [1.82, 2.24) is 0 Å². The summed E-state index contributed by atoms with van der Waals surface area (Å²) in [6.07, 6.45) is 1.20. The number of ether oxygens (including phenoxy) is 1. The number of nitriles is 1. The van der Waals surface area contributed by atoms with E-state index in [1.165, 1.54) is 18.4 Å². The smallest absolute Gasteiger partial charge is 0.238 e. The van der Waals surface area contributed by atoms with E-state index in [9.17, 15) is 9.18 Å². The van der Waals surface area contributed by atoms with Crippen molar-refractivity contribution in [3.05, 3.63) is 48.2 Å². The zero-order chi connectivity index (χ0) is 14.4. The lowest BCUT2D eigenvalue weighted by Crippen LogP contribution is -2.11. The predicted molar refractivity (Wildman–Crippen MR) is 68.3 cm³/mol. The number of benzene rings is 1. The van der Waals surface area contributed by atoms with E-state index in [1.807, 2.05) is 0 Å². The summed E-state index contributed by atoms with van der Waals surface area (Å²) < 4.78 is 23.8. The van der Waals surface area contributed by atoms with Crippen molar-refractivity contribution in [1.29, 1.82) is 5.26 Å². The maximum atomic E-state index is 13.2. The van der Waals surface area contributed by atoms with Crippen LogP contribution in [0.1, 0.15) is 12.2 Å². The molecular formula is C14H11FN2O3. The van der Waals surface area contributed by atoms with Gasteiger partial charge in [-0.3, -0.25) is 4.79 Å². The summed E-state index contributed by atoms with van der Waals surface area (Å²) in [4.78, 5) is 11.4. The summed E-state index contributed by atoms with van der Waals surface area (Å²) in [5.41, 5.74) is 0.178. The highest BCUT2D eigenvalue weighted by Gasteiger charge is 2.10. The Morgan fingerprint density at radius 1 is 1.45 bits per heavy atom. The molecule has 0 radical (unpaired) electrons. The summed E-state index contributed by atoms with van der Waals surface area (Å²) in [6.45, 7) is 0.153. The van der Waals surface area contributed by atoms with Gasteiger partial charge < -0.3 is 14.5 Å². The van der Waals surface area contributed by atoms with Gasteiger partial charge in [0.1, 0.15) is 30.4 Å². The molecule has 0 fully saturated rings. The van der Waals surface area contributed by atoms with Gasteiger partial charge >= 0.3 is 0 Å². The van der Waals surface area contributed by atoms with Crippen LogP contribution in [-0.2, 0) is 11.4 Å². The Labute approximate surface area is 114 Å². The minimum absolute atomic E-state index is 0.153. The molecule has 0 spiro atoms. The largest absolute Gasteiger partial charge is 0.483 e. The van der Waals surface area contributed by atoms with Gasteiger partial charge in [-0.05, 0) is 24.3 Å². The third-order valence-corrected chi connectivity index (χ3v) is 2.41. The van der Waals surface area contributed by atoms with Crippen molar-refractivity contribution in [2.45, 2.75) is 13.0 Å². The standard InChI is InChI=1S/C14H11FN2O3/c15-10-3-4-13(20-9-11-2-1-7-19-11)12(8-10)17-14(18)5-6-16/h1-4,7-8H,5,9H2,(H,17,18). The minimum Gasteiger partial charge on any atom is -0.483 e. The van der Waals surface area contributed by atoms with Crippen molar-refractivity contribution in [2.75, 3.05) is 5.32 Å². The van der Waals surface area contributed by atoms with Crippen molar-refractivity contribution in [3.8, 4) is 11.8 Å². The van der Waals surface area contributed by atoms with Crippen molar-refractivity contribution in [2.24, 2.45) is 0 Å². The number of nitrogens with one attached hydrogen (secondary N) is 1. The van der Waals surface area contributed by atoms with E-state index in [1.54, 1.807) is 18.2 Å². The number of carbonyl (C=O) groups excluding carboxylic acids is 1. The summed E-state index contributed by atoms with van der Waals surface area (Å²) in [7, 11) is 0. The third kappa shape index (κ3) is 3.59. The quantitative estimate of drug-likeness (QED) is 0.909. The Bertz CT molecular complexity index is 632. The SMILES string of the molecule is N#CCC(=O)Nc1cc(F)ccc1OCc1ccco1. The van der Waals surface area contributed by atoms with Crippen LogP contribution in [0.4, 0.5) is 10.1 Å². The third-order valence-electron chi connectivity index (χ3n) is 2.41. The van der Waals surface area contributed by atoms with Gasteiger partial charge in [-0.1, -0.05) is 0 Å². The fourth-order valence-electron chi connectivity index (χ4n) is 1.54. The molecule has 2 rings (SSSR count). The number of hydrogen-bond acceptors (Lipinski definition) is 4. The lowest BCUT2D eigenvalue weighted by Gasteiger charge is -2.11. The average molecular weight is 274 g/mol. The Kier molecular flexibility index (Phi) is 4.35. The second-order valence-electron chi connectivity index (χ2n) is 3.89. The van der Waals surface area contributed by atoms with Crippen molar-refractivity contribution in [3.63, 3.8) is 0 Å². The van der Waals surface area contributed by atoms with Gasteiger partial charge in [-0.25, -0.2) is 4.39 Å². The van der Waals surface area contributed by atoms with E-state index in [0.717, 1.165) is 6.07 Å². The molecule has 102 valence electrons. The molecule has 1 aromatic carbocycles. The highest BCUT2D eigenvalue weighted by Crippen LogP contribution is 2.26. The first-order chi connectivity index (χ1) is 9.69. The Morgan fingerprint density at radius 2 is 2.30 bits per heavy atom. The van der Waals surface area contributed by atoms with Crippen LogP contribution in [0.2, 0.25) is 0 Å². The van der Waals surface area contributed by atoms with Crippen LogP contribution >= 0.6 is 0 Å². The van der Waals surface area contributed by atoms with E-state index in [4.69, 9.17) is 14.4 Å². The van der Waals surface area contributed by atoms with Crippen LogP contribution in [0.3, 0.4) is 0 Å². The Hall–Kier alpha value is -2.81. The Morgan fingerprint density at radius 3 is 3.00 bits per heavy atom. The molecule has 6 heteroatoms. The first kappa shape index (κ1) is 13.6. The number of nitrogens with zero attached hydrogens (tertiary/aromatic N) is 1. The van der Waals surface area contributed by atoms with Gasteiger partial charge in [0.25, 0.3) is 0 Å². The van der Waals surface area contributed by atoms with Gasteiger partial charge in [0, 0.05) is 6.07 Å². The molecule has 0 aliphatic heterocycles. The molecule has 1 amide bonds. The van der Waals surface area contributed by atoms with Gasteiger partial charge in [0.05, 0.1) is 18.0 Å². The number of rotatable bonds is 5. The summed E-state index contributed by atoms with van der Waals surface area (Å²) in [5, 5.41) is 10.9. The predicted octanol–water partition coefficient (Wildman–Crippen LogP) is 2.85. The van der Waals surface area contributed by atoms with Crippen LogP contribution in [-0.4, -0.2) is 5.91 Å². The highest BCUT2D eigenvalue weighted by atomic mass is 19.1. The number of carbonyl (C=O) groups is 1. The number of hydrogen-bond donors (Lipinski definition) is 1. The van der Waals surface area contributed by atoms with Crippen LogP contribution in [0.15, 0.2) is 41.0 Å². The van der Waals surface area contributed by atoms with Gasteiger partial charge in [0.2, 0.25) is 5.91 Å². The molecule has 0 unspecified atom stereocenters. The summed E-state index contributed by atoms with van der Waals surface area (Å²) in [5.74, 6) is -0.138. The molecule has 0 saturated carbocycles. The average Bonchev–Trinajstić information content (AvgIpc) is 2.91. The maximum absolute atomic E-state index is 13.2. The normalized spacial score (nSPS) is 9.80. The van der Waals surface area contributed by atoms with Crippen molar-refractivity contribution < 1.29 is 18.3 Å². The molecule has 1 aromatic heterocycles. The minimum atomic E-state index is -0.527. The summed E-state index contributed by atoms with van der Waals surface area (Å²) >= 11 is 0. The molecule has 0 aliphatic carbocycles. The van der Waals surface area contributed by atoms with Crippen molar-refractivity contribution >= 4 is 11.6 Å². The summed E-state index contributed by atoms with van der Waals surface area (Å²) in [6, 6.07) is 8.92. The molecular weight excluding hydrogens is 263 g/mol. The number of furan rings is 1. The lowest BCUT2D eigenvalue weighted by atomic mass is 10.2. The number of anilines is 1. The highest BCUT2D eigenvalue weighted by molar-refractivity contribution is 5.93. The van der Waals surface area contributed by atoms with Gasteiger partial charge in [-0.2, -0.15) is 5.26 Å². The molecule has 20 heavy (non-hydrogen) atoms. The maximum Gasteiger partial charge on any atom is 0.238 e. The molecule has 2 aromatic rings. The number of halogens is 1. The first-order valence-electron chi connectivity index (χ1n) is 5.80. The second kappa shape index (κ2) is 6.38. The second-order valence-corrected chi connectivity index (χ2v) is 3.89. The van der Waals surface area contributed by atoms with Gasteiger partial charge in [0.15, 0.2) is 0 Å². The zero-order valence-corrected chi connectivity index (χ0v) is 10.4. The topological polar surface area (TPSA) is 75.3 Å². The van der Waals surface area contributed by atoms with E-state index < -0.39 is 11.7 Å². The number of amides is 1. The molecule has 0 saturated heterocycles. The molecule has 0 bridgehead atoms. The van der Waals surface area contributed by atoms with E-state index in [-0.39, 0.29) is 18.7 Å². The molecule has 1 N–H and O–H groups in total.